The molecule has 0 aliphatic carbocycles. The van der Waals surface area contributed by atoms with Crippen LogP contribution in [0, 0.1) is 0 Å². The third-order valence-corrected chi connectivity index (χ3v) is 5.08. The van der Waals surface area contributed by atoms with Gasteiger partial charge in [0, 0.05) is 34.3 Å². The van der Waals surface area contributed by atoms with Crippen molar-refractivity contribution in [2.45, 2.75) is 5.75 Å². The van der Waals surface area contributed by atoms with E-state index in [1.807, 2.05) is 47.9 Å². The highest BCUT2D eigenvalue weighted by Crippen LogP contribution is 2.20. The van der Waals surface area contributed by atoms with E-state index in [0.717, 1.165) is 16.3 Å². The molecular formula is C17H15N3OS2. The molecule has 2 aromatic heterocycles. The van der Waals surface area contributed by atoms with E-state index >= 15 is 0 Å². The van der Waals surface area contributed by atoms with Gasteiger partial charge >= 0.3 is 0 Å². The molecule has 0 bridgehead atoms. The third kappa shape index (κ3) is 4.64. The molecule has 1 aromatic carbocycles. The normalized spacial score (nSPS) is 12.5. The van der Waals surface area contributed by atoms with E-state index in [0.29, 0.717) is 17.3 Å². The Kier molecular flexibility index (Phi) is 5.39. The molecule has 4 nitrogen and oxygen atoms in total. The predicted octanol–water partition coefficient (Wildman–Crippen LogP) is 3.56. The quantitative estimate of drug-likeness (QED) is 0.688. The number of thiazole rings is 1. The SMILES string of the molecule is O=S(CC=Cc1ccccc1)Cc1csc(-c2ncccn2)n1. The minimum absolute atomic E-state index is 0.447. The molecular weight excluding hydrogens is 326 g/mol. The van der Waals surface area contributed by atoms with Gasteiger partial charge in [0.2, 0.25) is 0 Å². The maximum absolute atomic E-state index is 12.1. The lowest BCUT2D eigenvalue weighted by Gasteiger charge is -1.96. The fraction of sp³-hybridized carbons (Fsp3) is 0.118. The molecule has 0 aliphatic rings. The molecule has 0 N–H and O–H groups in total. The first-order chi connectivity index (χ1) is 11.3. The minimum Gasteiger partial charge on any atom is -0.259 e. The Hall–Kier alpha value is -2.18. The van der Waals surface area contributed by atoms with Gasteiger partial charge in [0.25, 0.3) is 0 Å². The molecule has 2 heterocycles. The lowest BCUT2D eigenvalue weighted by atomic mass is 10.2. The van der Waals surface area contributed by atoms with Crippen molar-refractivity contribution in [3.05, 3.63) is 71.5 Å². The van der Waals surface area contributed by atoms with Crippen molar-refractivity contribution in [1.82, 2.24) is 15.0 Å². The summed E-state index contributed by atoms with van der Waals surface area (Å²) in [6.07, 6.45) is 7.31. The van der Waals surface area contributed by atoms with Gasteiger partial charge in [0.15, 0.2) is 10.8 Å². The van der Waals surface area contributed by atoms with Crippen molar-refractivity contribution >= 4 is 28.2 Å². The van der Waals surface area contributed by atoms with Crippen molar-refractivity contribution in [3.63, 3.8) is 0 Å². The van der Waals surface area contributed by atoms with Crippen LogP contribution in [-0.2, 0) is 16.6 Å². The molecule has 0 radical (unpaired) electrons. The highest BCUT2D eigenvalue weighted by Gasteiger charge is 2.08. The number of aromatic nitrogens is 3. The van der Waals surface area contributed by atoms with Gasteiger partial charge in [-0.2, -0.15) is 0 Å². The summed E-state index contributed by atoms with van der Waals surface area (Å²) >= 11 is 1.48. The van der Waals surface area contributed by atoms with Gasteiger partial charge in [0.1, 0.15) is 0 Å². The van der Waals surface area contributed by atoms with E-state index < -0.39 is 10.8 Å². The summed E-state index contributed by atoms with van der Waals surface area (Å²) in [6.45, 7) is 0. The Balaban J connectivity index is 1.56. The molecule has 0 fully saturated rings. The number of rotatable bonds is 6. The summed E-state index contributed by atoms with van der Waals surface area (Å²) in [5.74, 6) is 1.57. The number of benzene rings is 1. The summed E-state index contributed by atoms with van der Waals surface area (Å²) in [7, 11) is -0.971. The van der Waals surface area contributed by atoms with Gasteiger partial charge in [0.05, 0.1) is 11.4 Å². The number of hydrogen-bond acceptors (Lipinski definition) is 5. The van der Waals surface area contributed by atoms with E-state index in [1.54, 1.807) is 18.5 Å². The topological polar surface area (TPSA) is 55.7 Å². The predicted molar refractivity (Wildman–Crippen MR) is 95.3 cm³/mol. The summed E-state index contributed by atoms with van der Waals surface area (Å²) in [6, 6.07) is 11.8. The van der Waals surface area contributed by atoms with E-state index in [4.69, 9.17) is 0 Å². The third-order valence-electron chi connectivity index (χ3n) is 3.01. The van der Waals surface area contributed by atoms with Gasteiger partial charge < -0.3 is 0 Å². The maximum atomic E-state index is 12.1. The molecule has 0 saturated heterocycles. The first-order valence-corrected chi connectivity index (χ1v) is 9.46. The molecule has 0 spiro atoms. The number of hydrogen-bond donors (Lipinski definition) is 0. The zero-order valence-corrected chi connectivity index (χ0v) is 14.0. The monoisotopic (exact) mass is 341 g/mol. The van der Waals surface area contributed by atoms with Gasteiger partial charge in [-0.15, -0.1) is 11.3 Å². The van der Waals surface area contributed by atoms with E-state index in [-0.39, 0.29) is 0 Å². The Morgan fingerprint density at radius 3 is 2.65 bits per heavy atom. The Bertz CT molecular complexity index is 801. The Morgan fingerprint density at radius 2 is 1.87 bits per heavy atom. The molecule has 0 saturated carbocycles. The zero-order valence-electron chi connectivity index (χ0n) is 12.3. The van der Waals surface area contributed by atoms with Crippen molar-refractivity contribution in [2.24, 2.45) is 0 Å². The molecule has 3 aromatic rings. The average molecular weight is 341 g/mol. The second-order valence-corrected chi connectivity index (χ2v) is 7.14. The summed E-state index contributed by atoms with van der Waals surface area (Å²) in [4.78, 5) is 12.8. The second-order valence-electron chi connectivity index (χ2n) is 4.78. The van der Waals surface area contributed by atoms with Crippen LogP contribution in [0.2, 0.25) is 0 Å². The van der Waals surface area contributed by atoms with E-state index in [2.05, 4.69) is 15.0 Å². The molecule has 1 unspecified atom stereocenters. The molecule has 0 aliphatic heterocycles. The summed E-state index contributed by atoms with van der Waals surface area (Å²) in [5.41, 5.74) is 1.94. The van der Waals surface area contributed by atoms with Crippen LogP contribution in [0.1, 0.15) is 11.3 Å². The largest absolute Gasteiger partial charge is 0.259 e. The van der Waals surface area contributed by atoms with Gasteiger partial charge in [-0.1, -0.05) is 42.5 Å². The first kappa shape index (κ1) is 15.7. The van der Waals surface area contributed by atoms with Crippen LogP contribution in [-0.4, -0.2) is 24.9 Å². The maximum Gasteiger partial charge on any atom is 0.188 e. The fourth-order valence-electron chi connectivity index (χ4n) is 1.97. The van der Waals surface area contributed by atoms with Crippen molar-refractivity contribution in [2.75, 3.05) is 5.75 Å². The molecule has 1 atom stereocenters. The van der Waals surface area contributed by atoms with Crippen LogP contribution in [0.25, 0.3) is 16.9 Å². The highest BCUT2D eigenvalue weighted by atomic mass is 32.2. The van der Waals surface area contributed by atoms with Crippen LogP contribution < -0.4 is 0 Å². The molecule has 3 rings (SSSR count). The molecule has 23 heavy (non-hydrogen) atoms. The second kappa shape index (κ2) is 7.89. The number of nitrogens with zero attached hydrogens (tertiary/aromatic N) is 3. The average Bonchev–Trinajstić information content (AvgIpc) is 3.05. The minimum atomic E-state index is -0.971. The Labute approximate surface area is 141 Å². The fourth-order valence-corrected chi connectivity index (χ4v) is 3.74. The van der Waals surface area contributed by atoms with Crippen LogP contribution in [0.5, 0.6) is 0 Å². The lowest BCUT2D eigenvalue weighted by molar-refractivity contribution is 0.684. The van der Waals surface area contributed by atoms with Crippen molar-refractivity contribution in [3.8, 4) is 10.8 Å². The molecule has 116 valence electrons. The highest BCUT2D eigenvalue weighted by molar-refractivity contribution is 7.84. The molecule has 6 heteroatoms. The smallest absolute Gasteiger partial charge is 0.188 e. The Morgan fingerprint density at radius 1 is 1.09 bits per heavy atom. The lowest BCUT2D eigenvalue weighted by Crippen LogP contribution is -1.99. The standard InChI is InChI=1S/C17H15N3OS2/c21-23(11-4-8-14-6-2-1-3-7-14)13-15-12-22-17(20-15)16-18-9-5-10-19-16/h1-10,12H,11,13H2. The van der Waals surface area contributed by atoms with Crippen LogP contribution in [0.3, 0.4) is 0 Å². The summed E-state index contributed by atoms with van der Waals surface area (Å²) < 4.78 is 12.1. The van der Waals surface area contributed by atoms with E-state index in [1.165, 1.54) is 11.3 Å². The van der Waals surface area contributed by atoms with Crippen molar-refractivity contribution < 1.29 is 4.21 Å². The zero-order chi connectivity index (χ0) is 15.9. The van der Waals surface area contributed by atoms with E-state index in [9.17, 15) is 4.21 Å². The van der Waals surface area contributed by atoms with Gasteiger partial charge in [-0.25, -0.2) is 15.0 Å². The van der Waals surface area contributed by atoms with Crippen molar-refractivity contribution in [1.29, 1.82) is 0 Å². The molecule has 0 amide bonds. The van der Waals surface area contributed by atoms with Gasteiger partial charge in [-0.3, -0.25) is 4.21 Å². The first-order valence-electron chi connectivity index (χ1n) is 7.09. The summed E-state index contributed by atoms with van der Waals surface area (Å²) in [5, 5.41) is 2.68. The van der Waals surface area contributed by atoms with Crippen LogP contribution in [0.4, 0.5) is 0 Å². The van der Waals surface area contributed by atoms with Gasteiger partial charge in [-0.05, 0) is 11.6 Å². The van der Waals surface area contributed by atoms with Crippen LogP contribution in [0.15, 0.2) is 60.2 Å². The van der Waals surface area contributed by atoms with Crippen LogP contribution >= 0.6 is 11.3 Å².